The number of rotatable bonds is 6. The Morgan fingerprint density at radius 3 is 2.39 bits per heavy atom. The van der Waals surface area contributed by atoms with Crippen molar-refractivity contribution < 1.29 is 9.53 Å². The third-order valence-corrected chi connectivity index (χ3v) is 3.51. The van der Waals surface area contributed by atoms with Gasteiger partial charge < -0.3 is 10.1 Å². The molecule has 2 N–H and O–H groups in total. The molecule has 0 fully saturated rings. The second-order valence-corrected chi connectivity index (χ2v) is 5.86. The lowest BCUT2D eigenvalue weighted by Crippen LogP contribution is -2.37. The van der Waals surface area contributed by atoms with E-state index in [4.69, 9.17) is 4.74 Å². The fourth-order valence-electron chi connectivity index (χ4n) is 2.43. The molecule has 4 nitrogen and oxygen atoms in total. The van der Waals surface area contributed by atoms with Gasteiger partial charge in [-0.3, -0.25) is 10.1 Å². The fourth-order valence-corrected chi connectivity index (χ4v) is 2.43. The normalized spacial score (nSPS) is 12.0. The van der Waals surface area contributed by atoms with Crippen molar-refractivity contribution in [3.63, 3.8) is 0 Å². The molecule has 0 aromatic heterocycles. The molecule has 0 aliphatic heterocycles. The van der Waals surface area contributed by atoms with E-state index in [0.29, 0.717) is 11.4 Å². The summed E-state index contributed by atoms with van der Waals surface area (Å²) in [4.78, 5) is 12.8. The Kier molecular flexibility index (Phi) is 5.77. The number of methoxy groups -OCH3 is 1. The van der Waals surface area contributed by atoms with Crippen LogP contribution in [0, 0.1) is 6.92 Å². The second-order valence-electron chi connectivity index (χ2n) is 5.86. The summed E-state index contributed by atoms with van der Waals surface area (Å²) in [6.07, 6.45) is 0. The number of nitrogens with one attached hydrogen (secondary N) is 2. The van der Waals surface area contributed by atoms with E-state index in [-0.39, 0.29) is 11.9 Å². The van der Waals surface area contributed by atoms with Gasteiger partial charge in [0.2, 0.25) is 5.91 Å². The monoisotopic (exact) mass is 312 g/mol. The number of carbonyl (C=O) groups excluding carboxylic acids is 1. The SMILES string of the molecule is COc1ccc(C)cc1NC(=O)[C@@H](NC(C)C)c1ccccc1. The summed E-state index contributed by atoms with van der Waals surface area (Å²) in [6.45, 7) is 6.03. The summed E-state index contributed by atoms with van der Waals surface area (Å²) in [7, 11) is 1.60. The van der Waals surface area contributed by atoms with Gasteiger partial charge in [-0.05, 0) is 44.0 Å². The van der Waals surface area contributed by atoms with Crippen molar-refractivity contribution in [2.75, 3.05) is 12.4 Å². The van der Waals surface area contributed by atoms with Crippen molar-refractivity contribution in [1.82, 2.24) is 5.32 Å². The smallest absolute Gasteiger partial charge is 0.246 e. The van der Waals surface area contributed by atoms with E-state index in [9.17, 15) is 4.79 Å². The van der Waals surface area contributed by atoms with Crippen molar-refractivity contribution in [2.45, 2.75) is 32.9 Å². The number of ether oxygens (including phenoxy) is 1. The van der Waals surface area contributed by atoms with Gasteiger partial charge in [-0.15, -0.1) is 0 Å². The van der Waals surface area contributed by atoms with E-state index in [2.05, 4.69) is 10.6 Å². The van der Waals surface area contributed by atoms with Gasteiger partial charge in [0.15, 0.2) is 0 Å². The predicted molar refractivity (Wildman–Crippen MR) is 93.8 cm³/mol. The summed E-state index contributed by atoms with van der Waals surface area (Å²) in [5, 5.41) is 6.30. The van der Waals surface area contributed by atoms with Gasteiger partial charge in [0.1, 0.15) is 11.8 Å². The van der Waals surface area contributed by atoms with Crippen LogP contribution < -0.4 is 15.4 Å². The molecule has 23 heavy (non-hydrogen) atoms. The molecule has 0 aliphatic carbocycles. The van der Waals surface area contributed by atoms with Crippen molar-refractivity contribution in [2.24, 2.45) is 0 Å². The molecule has 122 valence electrons. The summed E-state index contributed by atoms with van der Waals surface area (Å²) < 4.78 is 5.33. The Morgan fingerprint density at radius 1 is 1.09 bits per heavy atom. The highest BCUT2D eigenvalue weighted by Gasteiger charge is 2.22. The maximum absolute atomic E-state index is 12.8. The van der Waals surface area contributed by atoms with Crippen LogP contribution in [0.4, 0.5) is 5.69 Å². The standard InChI is InChI=1S/C19H24N2O2/c1-13(2)20-18(15-8-6-5-7-9-15)19(22)21-16-12-14(3)10-11-17(16)23-4/h5-13,18,20H,1-4H3,(H,21,22)/t18-/m0/s1. The number of hydrogen-bond acceptors (Lipinski definition) is 3. The lowest BCUT2D eigenvalue weighted by Gasteiger charge is -2.22. The topological polar surface area (TPSA) is 50.4 Å². The van der Waals surface area contributed by atoms with Crippen LogP contribution in [0.5, 0.6) is 5.75 Å². The molecule has 0 saturated heterocycles. The highest BCUT2D eigenvalue weighted by molar-refractivity contribution is 5.96. The van der Waals surface area contributed by atoms with Crippen LogP contribution in [0.3, 0.4) is 0 Å². The van der Waals surface area contributed by atoms with Crippen molar-refractivity contribution in [3.05, 3.63) is 59.7 Å². The van der Waals surface area contributed by atoms with E-state index in [1.807, 2.05) is 69.3 Å². The molecule has 2 aromatic rings. The van der Waals surface area contributed by atoms with E-state index < -0.39 is 6.04 Å². The quantitative estimate of drug-likeness (QED) is 0.855. The minimum absolute atomic E-state index is 0.103. The molecule has 2 rings (SSSR count). The van der Waals surface area contributed by atoms with E-state index in [1.54, 1.807) is 7.11 Å². The van der Waals surface area contributed by atoms with Gasteiger partial charge in [-0.1, -0.05) is 36.4 Å². The molecule has 4 heteroatoms. The van der Waals surface area contributed by atoms with Crippen molar-refractivity contribution in [1.29, 1.82) is 0 Å². The van der Waals surface area contributed by atoms with Crippen molar-refractivity contribution >= 4 is 11.6 Å². The number of carbonyl (C=O) groups is 1. The molecule has 0 aliphatic rings. The number of hydrogen-bond donors (Lipinski definition) is 2. The minimum Gasteiger partial charge on any atom is -0.495 e. The first-order valence-electron chi connectivity index (χ1n) is 7.77. The van der Waals surface area contributed by atoms with E-state index >= 15 is 0 Å². The van der Waals surface area contributed by atoms with Crippen LogP contribution in [-0.2, 0) is 4.79 Å². The zero-order valence-electron chi connectivity index (χ0n) is 14.1. The number of aryl methyl sites for hydroxylation is 1. The Bertz CT molecular complexity index is 654. The molecular formula is C19H24N2O2. The Balaban J connectivity index is 2.26. The van der Waals surface area contributed by atoms with Crippen LogP contribution in [0.25, 0.3) is 0 Å². The van der Waals surface area contributed by atoms with E-state index in [1.165, 1.54) is 0 Å². The van der Waals surface area contributed by atoms with Crippen LogP contribution in [0.2, 0.25) is 0 Å². The molecule has 2 aromatic carbocycles. The average molecular weight is 312 g/mol. The molecule has 0 radical (unpaired) electrons. The fraction of sp³-hybridized carbons (Fsp3) is 0.316. The van der Waals surface area contributed by atoms with Gasteiger partial charge in [-0.25, -0.2) is 0 Å². The second kappa shape index (κ2) is 7.79. The summed E-state index contributed by atoms with van der Waals surface area (Å²) >= 11 is 0. The van der Waals surface area contributed by atoms with E-state index in [0.717, 1.165) is 11.1 Å². The zero-order valence-corrected chi connectivity index (χ0v) is 14.1. The maximum atomic E-state index is 12.8. The molecule has 0 spiro atoms. The highest BCUT2D eigenvalue weighted by atomic mass is 16.5. The van der Waals surface area contributed by atoms with Gasteiger partial charge in [0.05, 0.1) is 12.8 Å². The van der Waals surface area contributed by atoms with Gasteiger partial charge in [-0.2, -0.15) is 0 Å². The maximum Gasteiger partial charge on any atom is 0.246 e. The Labute approximate surface area is 137 Å². The average Bonchev–Trinajstić information content (AvgIpc) is 2.53. The molecule has 0 unspecified atom stereocenters. The lowest BCUT2D eigenvalue weighted by atomic mass is 10.0. The molecule has 0 bridgehead atoms. The number of amides is 1. The van der Waals surface area contributed by atoms with Gasteiger partial charge >= 0.3 is 0 Å². The summed E-state index contributed by atoms with van der Waals surface area (Å²) in [6, 6.07) is 15.2. The van der Waals surface area contributed by atoms with Crippen LogP contribution >= 0.6 is 0 Å². The predicted octanol–water partition coefficient (Wildman–Crippen LogP) is 3.68. The van der Waals surface area contributed by atoms with Crippen LogP contribution in [-0.4, -0.2) is 19.1 Å². The van der Waals surface area contributed by atoms with Gasteiger partial charge in [0, 0.05) is 6.04 Å². The third kappa shape index (κ3) is 4.57. The van der Waals surface area contributed by atoms with Crippen molar-refractivity contribution in [3.8, 4) is 5.75 Å². The Hall–Kier alpha value is -2.33. The first-order chi connectivity index (χ1) is 11.0. The largest absolute Gasteiger partial charge is 0.495 e. The molecule has 1 atom stereocenters. The lowest BCUT2D eigenvalue weighted by molar-refractivity contribution is -0.118. The molecule has 0 heterocycles. The first kappa shape index (κ1) is 17.0. The molecular weight excluding hydrogens is 288 g/mol. The number of anilines is 1. The minimum atomic E-state index is -0.415. The molecule has 1 amide bonds. The highest BCUT2D eigenvalue weighted by Crippen LogP contribution is 2.26. The molecule has 0 saturated carbocycles. The Morgan fingerprint density at radius 2 is 1.78 bits per heavy atom. The summed E-state index contributed by atoms with van der Waals surface area (Å²) in [5.74, 6) is 0.550. The zero-order chi connectivity index (χ0) is 16.8. The van der Waals surface area contributed by atoms with Crippen LogP contribution in [0.15, 0.2) is 48.5 Å². The van der Waals surface area contributed by atoms with Crippen LogP contribution in [0.1, 0.15) is 31.0 Å². The number of benzene rings is 2. The third-order valence-electron chi connectivity index (χ3n) is 3.51. The van der Waals surface area contributed by atoms with Gasteiger partial charge in [0.25, 0.3) is 0 Å². The summed E-state index contributed by atoms with van der Waals surface area (Å²) in [5.41, 5.74) is 2.68. The first-order valence-corrected chi connectivity index (χ1v) is 7.77.